The number of nitrogens with two attached hydrogens (primary N) is 1. The van der Waals surface area contributed by atoms with Crippen LogP contribution in [0.2, 0.25) is 0 Å². The van der Waals surface area contributed by atoms with Gasteiger partial charge in [0, 0.05) is 29.2 Å². The molecule has 4 nitrogen and oxygen atoms in total. The minimum Gasteiger partial charge on any atom is -0.384 e. The van der Waals surface area contributed by atoms with E-state index in [2.05, 4.69) is 17.0 Å². The Morgan fingerprint density at radius 3 is 3.08 bits per heavy atom. The van der Waals surface area contributed by atoms with Crippen LogP contribution < -0.4 is 5.73 Å². The van der Waals surface area contributed by atoms with Crippen LogP contribution in [0.3, 0.4) is 0 Å². The number of rotatable bonds is 3. The molecule has 0 amide bonds. The lowest BCUT2D eigenvalue weighted by Gasteiger charge is -2.40. The number of thioether (sulfide) groups is 1. The van der Waals surface area contributed by atoms with E-state index in [9.17, 15) is 0 Å². The first-order valence-electron chi connectivity index (χ1n) is 8.72. The summed E-state index contributed by atoms with van der Waals surface area (Å²) in [6, 6.07) is 10.2. The zero-order valence-corrected chi connectivity index (χ0v) is 16.3. The van der Waals surface area contributed by atoms with Crippen molar-refractivity contribution in [3.8, 4) is 10.4 Å². The molecule has 26 heavy (non-hydrogen) atoms. The van der Waals surface area contributed by atoms with E-state index in [1.807, 2.05) is 29.5 Å². The standard InChI is InChI=1S/C20H21N3OS2/c1-22-15-5-3-4-14(9-15)17-10-16-18(26-17)8-13(12-24-2)11-20(16)6-7-25-19(21)23-20/h3-5,9-10,13H,6-8,11-12H2,2H3,(H2,21,23). The molecule has 6 heteroatoms. The van der Waals surface area contributed by atoms with Gasteiger partial charge in [-0.3, -0.25) is 4.99 Å². The molecule has 2 unspecified atom stereocenters. The topological polar surface area (TPSA) is 52.0 Å². The second-order valence-electron chi connectivity index (χ2n) is 6.92. The Kier molecular flexibility index (Phi) is 4.78. The van der Waals surface area contributed by atoms with Gasteiger partial charge >= 0.3 is 0 Å². The van der Waals surface area contributed by atoms with Crippen molar-refractivity contribution >= 4 is 34.0 Å². The number of hydrogen-bond donors (Lipinski definition) is 1. The molecule has 2 atom stereocenters. The second kappa shape index (κ2) is 7.07. The molecule has 2 aromatic rings. The molecule has 1 aromatic heterocycles. The maximum absolute atomic E-state index is 7.26. The monoisotopic (exact) mass is 383 g/mol. The first-order valence-corrected chi connectivity index (χ1v) is 10.5. The van der Waals surface area contributed by atoms with Crippen molar-refractivity contribution in [2.75, 3.05) is 19.5 Å². The molecule has 2 aliphatic rings. The summed E-state index contributed by atoms with van der Waals surface area (Å²) in [5, 5.41) is 0.697. The summed E-state index contributed by atoms with van der Waals surface area (Å²) in [5.41, 5.74) is 9.04. The minimum atomic E-state index is -0.210. The van der Waals surface area contributed by atoms with Gasteiger partial charge in [0.15, 0.2) is 10.9 Å². The Morgan fingerprint density at radius 2 is 2.31 bits per heavy atom. The molecule has 1 spiro atoms. The van der Waals surface area contributed by atoms with E-state index in [4.69, 9.17) is 22.0 Å². The summed E-state index contributed by atoms with van der Waals surface area (Å²) in [4.78, 5) is 11.1. The van der Waals surface area contributed by atoms with Crippen molar-refractivity contribution in [3.63, 3.8) is 0 Å². The van der Waals surface area contributed by atoms with E-state index in [-0.39, 0.29) is 5.54 Å². The fourth-order valence-corrected chi connectivity index (χ4v) is 6.34. The number of ether oxygens (including phenoxy) is 1. The first kappa shape index (κ1) is 17.6. The first-order chi connectivity index (χ1) is 12.6. The van der Waals surface area contributed by atoms with Crippen LogP contribution in [0.5, 0.6) is 0 Å². The molecular weight excluding hydrogens is 362 g/mol. The number of hydrogen-bond acceptors (Lipinski definition) is 5. The molecule has 2 N–H and O–H groups in total. The molecule has 0 bridgehead atoms. The molecule has 1 aliphatic carbocycles. The Morgan fingerprint density at radius 1 is 1.42 bits per heavy atom. The highest BCUT2D eigenvalue weighted by Gasteiger charge is 2.43. The SMILES string of the molecule is [C-]#[N+]c1cccc(-c2cc3c(s2)CC(COC)CC32CCSC(N)=N2)c1. The number of methoxy groups -OCH3 is 1. The Bertz CT molecular complexity index is 899. The molecule has 4 rings (SSSR count). The fraction of sp³-hybridized carbons (Fsp3) is 0.400. The van der Waals surface area contributed by atoms with Gasteiger partial charge in [-0.2, -0.15) is 0 Å². The Labute approximate surface area is 162 Å². The van der Waals surface area contributed by atoms with Crippen LogP contribution in [-0.2, 0) is 16.7 Å². The smallest absolute Gasteiger partial charge is 0.187 e. The van der Waals surface area contributed by atoms with E-state index >= 15 is 0 Å². The van der Waals surface area contributed by atoms with Crippen molar-refractivity contribution in [2.45, 2.75) is 24.8 Å². The predicted molar refractivity (Wildman–Crippen MR) is 110 cm³/mol. The Balaban J connectivity index is 1.80. The van der Waals surface area contributed by atoms with Crippen molar-refractivity contribution in [2.24, 2.45) is 16.6 Å². The third kappa shape index (κ3) is 3.16. The zero-order valence-electron chi connectivity index (χ0n) is 14.7. The highest BCUT2D eigenvalue weighted by Crippen LogP contribution is 2.50. The van der Waals surface area contributed by atoms with Gasteiger partial charge in [-0.25, -0.2) is 4.85 Å². The summed E-state index contributed by atoms with van der Waals surface area (Å²) in [6.07, 6.45) is 3.04. The average molecular weight is 384 g/mol. The number of fused-ring (bicyclic) bond motifs is 2. The van der Waals surface area contributed by atoms with Gasteiger partial charge in [0.1, 0.15) is 0 Å². The van der Waals surface area contributed by atoms with E-state index in [0.29, 0.717) is 16.8 Å². The van der Waals surface area contributed by atoms with Crippen LogP contribution in [0.15, 0.2) is 35.3 Å². The number of thiophene rings is 1. The van der Waals surface area contributed by atoms with Crippen molar-refractivity contribution in [1.29, 1.82) is 0 Å². The lowest BCUT2D eigenvalue weighted by atomic mass is 9.73. The van der Waals surface area contributed by atoms with Crippen molar-refractivity contribution in [1.82, 2.24) is 0 Å². The van der Waals surface area contributed by atoms with Crippen LogP contribution in [0.1, 0.15) is 23.3 Å². The van der Waals surface area contributed by atoms with Crippen LogP contribution >= 0.6 is 23.1 Å². The number of benzene rings is 1. The molecule has 0 saturated carbocycles. The van der Waals surface area contributed by atoms with Gasteiger partial charge in [-0.1, -0.05) is 30.0 Å². The van der Waals surface area contributed by atoms with E-state index in [0.717, 1.165) is 37.2 Å². The van der Waals surface area contributed by atoms with Gasteiger partial charge in [0.2, 0.25) is 0 Å². The lowest BCUT2D eigenvalue weighted by Crippen LogP contribution is -2.38. The molecule has 1 aliphatic heterocycles. The second-order valence-corrected chi connectivity index (χ2v) is 9.17. The average Bonchev–Trinajstić information content (AvgIpc) is 3.07. The largest absolute Gasteiger partial charge is 0.384 e. The zero-order chi connectivity index (χ0) is 18.1. The highest BCUT2D eigenvalue weighted by atomic mass is 32.2. The molecule has 134 valence electrons. The van der Waals surface area contributed by atoms with Gasteiger partial charge in [-0.05, 0) is 48.4 Å². The molecule has 0 fully saturated rings. The minimum absolute atomic E-state index is 0.210. The Hall–Kier alpha value is -1.81. The van der Waals surface area contributed by atoms with E-state index < -0.39 is 0 Å². The van der Waals surface area contributed by atoms with Crippen molar-refractivity contribution in [3.05, 3.63) is 52.2 Å². The van der Waals surface area contributed by atoms with Gasteiger partial charge < -0.3 is 10.5 Å². The maximum atomic E-state index is 7.26. The molecule has 1 aromatic carbocycles. The normalized spacial score (nSPS) is 24.8. The van der Waals surface area contributed by atoms with Crippen LogP contribution in [-0.4, -0.2) is 24.6 Å². The van der Waals surface area contributed by atoms with Gasteiger partial charge in [0.05, 0.1) is 12.1 Å². The number of nitrogens with zero attached hydrogens (tertiary/aromatic N) is 2. The maximum Gasteiger partial charge on any atom is 0.187 e. The number of aliphatic imine (C=N–C) groups is 1. The number of amidine groups is 1. The van der Waals surface area contributed by atoms with Crippen LogP contribution in [0, 0.1) is 12.5 Å². The van der Waals surface area contributed by atoms with Crippen LogP contribution in [0.25, 0.3) is 15.3 Å². The third-order valence-corrected chi connectivity index (χ3v) is 7.16. The summed E-state index contributed by atoms with van der Waals surface area (Å²) >= 11 is 3.48. The summed E-state index contributed by atoms with van der Waals surface area (Å²) in [6.45, 7) is 8.02. The van der Waals surface area contributed by atoms with Crippen molar-refractivity contribution < 1.29 is 4.74 Å². The molecular formula is C20H21N3OS2. The highest BCUT2D eigenvalue weighted by molar-refractivity contribution is 8.13. The quantitative estimate of drug-likeness (QED) is 0.773. The summed E-state index contributed by atoms with van der Waals surface area (Å²) < 4.78 is 5.47. The fourth-order valence-electron chi connectivity index (χ4n) is 4.09. The summed E-state index contributed by atoms with van der Waals surface area (Å²) in [7, 11) is 1.77. The van der Waals surface area contributed by atoms with Gasteiger partial charge in [0.25, 0.3) is 0 Å². The van der Waals surface area contributed by atoms with Crippen LogP contribution in [0.4, 0.5) is 5.69 Å². The summed E-state index contributed by atoms with van der Waals surface area (Å²) in [5.74, 6) is 1.47. The van der Waals surface area contributed by atoms with Gasteiger partial charge in [-0.15, -0.1) is 11.3 Å². The molecule has 0 radical (unpaired) electrons. The molecule has 0 saturated heterocycles. The third-order valence-electron chi connectivity index (χ3n) is 5.16. The van der Waals surface area contributed by atoms with E-state index in [1.54, 1.807) is 18.9 Å². The van der Waals surface area contributed by atoms with E-state index in [1.165, 1.54) is 15.3 Å². The molecule has 2 heterocycles. The lowest BCUT2D eigenvalue weighted by molar-refractivity contribution is 0.125. The predicted octanol–water partition coefficient (Wildman–Crippen LogP) is 4.82.